The van der Waals surface area contributed by atoms with Crippen LogP contribution in [0.5, 0.6) is 0 Å². The third-order valence-electron chi connectivity index (χ3n) is 0. The van der Waals surface area contributed by atoms with Crippen LogP contribution in [0.3, 0.4) is 0 Å². The van der Waals surface area contributed by atoms with E-state index in [4.69, 9.17) is 26.2 Å². The van der Waals surface area contributed by atoms with E-state index in [1.54, 1.807) is 24.3 Å². The van der Waals surface area contributed by atoms with Crippen molar-refractivity contribution in [1.29, 1.82) is 21.0 Å². The van der Waals surface area contributed by atoms with Crippen molar-refractivity contribution in [3.63, 3.8) is 0 Å². The van der Waals surface area contributed by atoms with Gasteiger partial charge in [-0.15, -0.1) is 0 Å². The summed E-state index contributed by atoms with van der Waals surface area (Å²) in [7, 11) is 1.00. The van der Waals surface area contributed by atoms with E-state index >= 15 is 0 Å². The standard InChI is InChI=1S/4C2H3N.CH4O/c4*1-2-3;1-2/h4*1H3;2H,1H3. The van der Waals surface area contributed by atoms with Gasteiger partial charge in [0.15, 0.2) is 0 Å². The molecule has 5 heteroatoms. The van der Waals surface area contributed by atoms with E-state index in [-0.39, 0.29) is 0 Å². The van der Waals surface area contributed by atoms with Crippen LogP contribution in [0.25, 0.3) is 0 Å². The molecule has 5 nitrogen and oxygen atoms in total. The van der Waals surface area contributed by atoms with Crippen molar-refractivity contribution in [3.8, 4) is 24.3 Å². The fourth-order valence-electron chi connectivity index (χ4n) is 0. The van der Waals surface area contributed by atoms with Gasteiger partial charge in [0.05, 0.1) is 24.3 Å². The summed E-state index contributed by atoms with van der Waals surface area (Å²) in [6, 6.07) is 7.00. The molecule has 0 rings (SSSR count). The zero-order valence-corrected chi connectivity index (χ0v) is 9.24. The fourth-order valence-corrected chi connectivity index (χ4v) is 0. The van der Waals surface area contributed by atoms with Gasteiger partial charge in [-0.2, -0.15) is 21.0 Å². The van der Waals surface area contributed by atoms with Gasteiger partial charge in [-0.1, -0.05) is 0 Å². The van der Waals surface area contributed by atoms with Crippen molar-refractivity contribution in [3.05, 3.63) is 0 Å². The highest BCUT2D eigenvalue weighted by molar-refractivity contribution is 4.51. The largest absolute Gasteiger partial charge is 0.400 e. The zero-order valence-electron chi connectivity index (χ0n) is 9.24. The van der Waals surface area contributed by atoms with Gasteiger partial charge >= 0.3 is 0 Å². The fraction of sp³-hybridized carbons (Fsp3) is 0.556. The molecule has 0 heterocycles. The Kier molecular flexibility index (Phi) is 618. The van der Waals surface area contributed by atoms with Crippen LogP contribution < -0.4 is 0 Å². The molecule has 1 N–H and O–H groups in total. The second-order valence-corrected chi connectivity index (χ2v) is 0.894. The monoisotopic (exact) mass is 196 g/mol. The predicted octanol–water partition coefficient (Wildman–Crippen LogP) is 1.73. The minimum absolute atomic E-state index is 1.00. The first-order chi connectivity index (χ1) is 6.66. The molecular formula is C9H16N4O. The van der Waals surface area contributed by atoms with Gasteiger partial charge in [0.2, 0.25) is 0 Å². The van der Waals surface area contributed by atoms with Crippen LogP contribution in [-0.4, -0.2) is 12.2 Å². The molecule has 0 atom stereocenters. The summed E-state index contributed by atoms with van der Waals surface area (Å²) in [6.45, 7) is 5.72. The van der Waals surface area contributed by atoms with Crippen LogP contribution in [0.15, 0.2) is 0 Å². The van der Waals surface area contributed by atoms with Gasteiger partial charge in [0.25, 0.3) is 0 Å². The lowest BCUT2D eigenvalue weighted by Crippen LogP contribution is -1.25. The molecule has 0 radical (unpaired) electrons. The van der Waals surface area contributed by atoms with Crippen molar-refractivity contribution in [2.45, 2.75) is 27.7 Å². The normalized spacial score (nSPS) is 2.71. The molecule has 0 spiro atoms. The smallest absolute Gasteiger partial charge is 0.0587 e. The highest BCUT2D eigenvalue weighted by Gasteiger charge is 1.18. The number of nitrogens with zero attached hydrogens (tertiary/aromatic N) is 4. The number of hydrogen-bond donors (Lipinski definition) is 1. The van der Waals surface area contributed by atoms with E-state index < -0.39 is 0 Å². The highest BCUT2D eigenvalue weighted by atomic mass is 16.2. The van der Waals surface area contributed by atoms with E-state index in [1.807, 2.05) is 0 Å². The van der Waals surface area contributed by atoms with Crippen LogP contribution in [0.4, 0.5) is 0 Å². The second kappa shape index (κ2) is 292. The lowest BCUT2D eigenvalue weighted by molar-refractivity contribution is 0.399. The summed E-state index contributed by atoms with van der Waals surface area (Å²) >= 11 is 0. The summed E-state index contributed by atoms with van der Waals surface area (Å²) in [5.74, 6) is 0. The summed E-state index contributed by atoms with van der Waals surface area (Å²) in [6.07, 6.45) is 0. The Hall–Kier alpha value is -2.08. The molecule has 0 aliphatic rings. The van der Waals surface area contributed by atoms with Crippen LogP contribution in [-0.2, 0) is 0 Å². The van der Waals surface area contributed by atoms with E-state index in [9.17, 15) is 0 Å². The maximum atomic E-state index is 7.32. The van der Waals surface area contributed by atoms with Gasteiger partial charge in [0.1, 0.15) is 0 Å². The Morgan fingerprint density at radius 2 is 0.571 bits per heavy atom. The Labute approximate surface area is 86.0 Å². The molecule has 0 amide bonds. The number of aliphatic hydroxyl groups is 1. The summed E-state index contributed by atoms with van der Waals surface area (Å²) < 4.78 is 0. The van der Waals surface area contributed by atoms with Crippen LogP contribution in [0, 0.1) is 45.3 Å². The SMILES string of the molecule is CC#N.CC#N.CC#N.CC#N.CO. The first-order valence-electron chi connectivity index (χ1n) is 3.34. The Balaban J connectivity index is -0.0000000243. The molecule has 0 fully saturated rings. The van der Waals surface area contributed by atoms with E-state index in [2.05, 4.69) is 0 Å². The molecule has 0 bridgehead atoms. The number of nitriles is 4. The lowest BCUT2D eigenvalue weighted by Gasteiger charge is -1.21. The minimum Gasteiger partial charge on any atom is -0.400 e. The van der Waals surface area contributed by atoms with E-state index in [1.165, 1.54) is 27.7 Å². The molecule has 14 heavy (non-hydrogen) atoms. The summed E-state index contributed by atoms with van der Waals surface area (Å²) in [5, 5.41) is 36.3. The quantitative estimate of drug-likeness (QED) is 0.633. The molecule has 0 aromatic heterocycles. The molecule has 0 aromatic rings. The predicted molar refractivity (Wildman–Crippen MR) is 53.3 cm³/mol. The Bertz CT molecular complexity index is 151. The van der Waals surface area contributed by atoms with Crippen molar-refractivity contribution in [2.75, 3.05) is 7.11 Å². The summed E-state index contributed by atoms with van der Waals surface area (Å²) in [4.78, 5) is 0. The number of aliphatic hydroxyl groups excluding tert-OH is 1. The molecule has 0 unspecified atom stereocenters. The zero-order chi connectivity index (χ0) is 12.8. The molecule has 78 valence electrons. The van der Waals surface area contributed by atoms with Crippen molar-refractivity contribution < 1.29 is 5.11 Å². The first kappa shape index (κ1) is 29.7. The van der Waals surface area contributed by atoms with Crippen molar-refractivity contribution in [1.82, 2.24) is 0 Å². The van der Waals surface area contributed by atoms with Crippen molar-refractivity contribution in [2.24, 2.45) is 0 Å². The van der Waals surface area contributed by atoms with Crippen molar-refractivity contribution >= 4 is 0 Å². The van der Waals surface area contributed by atoms with Gasteiger partial charge in [-0.3, -0.25) is 0 Å². The highest BCUT2D eigenvalue weighted by Crippen LogP contribution is 1.22. The van der Waals surface area contributed by atoms with Gasteiger partial charge in [-0.05, 0) is 0 Å². The topological polar surface area (TPSA) is 115 Å². The maximum Gasteiger partial charge on any atom is 0.0587 e. The molecule has 0 saturated carbocycles. The minimum atomic E-state index is 1.00. The average Bonchev–Trinajstić information content (AvgIpc) is 2.12. The molecular weight excluding hydrogens is 180 g/mol. The number of rotatable bonds is 0. The molecule has 0 saturated heterocycles. The Morgan fingerprint density at radius 3 is 0.571 bits per heavy atom. The third kappa shape index (κ3) is 182. The summed E-state index contributed by atoms with van der Waals surface area (Å²) in [5.41, 5.74) is 0. The average molecular weight is 196 g/mol. The molecule has 0 aliphatic carbocycles. The molecule has 0 aliphatic heterocycles. The van der Waals surface area contributed by atoms with Crippen LogP contribution >= 0.6 is 0 Å². The molecule has 0 aromatic carbocycles. The second-order valence-electron chi connectivity index (χ2n) is 0.894. The van der Waals surface area contributed by atoms with Crippen LogP contribution in [0.2, 0.25) is 0 Å². The lowest BCUT2D eigenvalue weighted by atomic mass is 11.0. The van der Waals surface area contributed by atoms with E-state index in [0.717, 1.165) is 7.11 Å². The first-order valence-corrected chi connectivity index (χ1v) is 3.34. The number of hydrogen-bond acceptors (Lipinski definition) is 5. The maximum absolute atomic E-state index is 7.32. The van der Waals surface area contributed by atoms with Crippen LogP contribution in [0.1, 0.15) is 27.7 Å². The van der Waals surface area contributed by atoms with Gasteiger partial charge in [0, 0.05) is 34.8 Å². The van der Waals surface area contributed by atoms with Gasteiger partial charge in [-0.25, -0.2) is 0 Å². The van der Waals surface area contributed by atoms with Gasteiger partial charge < -0.3 is 5.11 Å². The Morgan fingerprint density at radius 1 is 0.571 bits per heavy atom. The van der Waals surface area contributed by atoms with E-state index in [0.29, 0.717) is 0 Å². The third-order valence-corrected chi connectivity index (χ3v) is 0.